The molecule has 0 bridgehead atoms. The van der Waals surface area contributed by atoms with Gasteiger partial charge in [0.05, 0.1) is 18.9 Å². The summed E-state index contributed by atoms with van der Waals surface area (Å²) in [6.45, 7) is 0. The van der Waals surface area contributed by atoms with Gasteiger partial charge in [0.15, 0.2) is 17.1 Å². The van der Waals surface area contributed by atoms with Gasteiger partial charge in [-0.3, -0.25) is 0 Å². The lowest BCUT2D eigenvalue weighted by atomic mass is 10.5. The Morgan fingerprint density at radius 3 is 2.16 bits per heavy atom. The van der Waals surface area contributed by atoms with Crippen molar-refractivity contribution >= 4 is 28.1 Å². The van der Waals surface area contributed by atoms with Crippen LogP contribution in [-0.4, -0.2) is 49.8 Å². The van der Waals surface area contributed by atoms with E-state index in [0.717, 1.165) is 5.52 Å². The third-order valence-electron chi connectivity index (χ3n) is 2.83. The van der Waals surface area contributed by atoms with Gasteiger partial charge in [-0.05, 0) is 6.07 Å². The van der Waals surface area contributed by atoms with Gasteiger partial charge in [0, 0.05) is 12.4 Å². The van der Waals surface area contributed by atoms with Crippen LogP contribution in [0.25, 0.3) is 22.3 Å². The minimum atomic E-state index is 0.433. The minimum Gasteiger partial charge on any atom is -0.382 e. The molecule has 0 aliphatic heterocycles. The summed E-state index contributed by atoms with van der Waals surface area (Å²) >= 11 is 0. The van der Waals surface area contributed by atoms with Crippen molar-refractivity contribution in [2.45, 2.75) is 0 Å². The van der Waals surface area contributed by atoms with Crippen molar-refractivity contribution in [1.82, 2.24) is 49.8 Å². The number of aromatic amines is 2. The van der Waals surface area contributed by atoms with Gasteiger partial charge < -0.3 is 15.7 Å². The van der Waals surface area contributed by atoms with E-state index in [1.807, 2.05) is 0 Å². The zero-order chi connectivity index (χ0) is 17.3. The second kappa shape index (κ2) is 8.01. The highest BCUT2D eigenvalue weighted by atomic mass is 15.0. The number of nitrogens with one attached hydrogen (secondary N) is 2. The average Bonchev–Trinajstić information content (AvgIpc) is 3.34. The number of nitrogens with two attached hydrogens (primary N) is 1. The van der Waals surface area contributed by atoms with Crippen LogP contribution in [0.1, 0.15) is 0 Å². The number of rotatable bonds is 0. The Bertz CT molecular complexity index is 968. The van der Waals surface area contributed by atoms with Crippen molar-refractivity contribution < 1.29 is 0 Å². The molecule has 0 amide bonds. The first-order chi connectivity index (χ1) is 12.3. The van der Waals surface area contributed by atoms with Crippen LogP contribution >= 0.6 is 0 Å². The first-order valence-electron chi connectivity index (χ1n) is 7.03. The minimum absolute atomic E-state index is 0.433. The summed E-state index contributed by atoms with van der Waals surface area (Å²) in [5.74, 6) is 0.433. The number of aromatic nitrogens is 10. The average molecular weight is 335 g/mol. The molecule has 0 atom stereocenters. The van der Waals surface area contributed by atoms with Gasteiger partial charge >= 0.3 is 0 Å². The van der Waals surface area contributed by atoms with E-state index in [2.05, 4.69) is 49.8 Å². The fourth-order valence-corrected chi connectivity index (χ4v) is 1.73. The standard InChI is InChI=1S/C5H5N5.C5H4N4.C4H4N2/c6-4-3-5(9-1-7-3)10-2-8-4;1-4-5(8-2-6-1)9-3-7-4;1-2-5-4-6-3-1/h1-2H,(H3,6,7,8,9,10);1-3H,(H,6,7,8,9);1-4H. The topological polar surface area (TPSA) is 161 Å². The molecule has 25 heavy (non-hydrogen) atoms. The maximum atomic E-state index is 5.48. The van der Waals surface area contributed by atoms with E-state index in [0.29, 0.717) is 22.6 Å². The van der Waals surface area contributed by atoms with E-state index in [9.17, 15) is 0 Å². The highest BCUT2D eigenvalue weighted by Gasteiger charge is 1.99. The van der Waals surface area contributed by atoms with Crippen LogP contribution in [0.5, 0.6) is 0 Å². The van der Waals surface area contributed by atoms with Crippen molar-refractivity contribution in [2.24, 2.45) is 0 Å². The number of nitrogen functional groups attached to an aromatic ring is 1. The smallest absolute Gasteiger partial charge is 0.182 e. The van der Waals surface area contributed by atoms with Gasteiger partial charge in [0.2, 0.25) is 0 Å². The molecule has 0 unspecified atom stereocenters. The summed E-state index contributed by atoms with van der Waals surface area (Å²) in [5.41, 5.74) is 8.36. The summed E-state index contributed by atoms with van der Waals surface area (Å²) in [4.78, 5) is 36.2. The predicted molar refractivity (Wildman–Crippen MR) is 89.8 cm³/mol. The molecule has 0 radical (unpaired) electrons. The first-order valence-corrected chi connectivity index (χ1v) is 7.03. The molecular weight excluding hydrogens is 322 g/mol. The number of hydrogen-bond donors (Lipinski definition) is 3. The zero-order valence-electron chi connectivity index (χ0n) is 12.9. The third kappa shape index (κ3) is 4.25. The molecule has 124 valence electrons. The Hall–Kier alpha value is -4.02. The molecule has 5 heterocycles. The third-order valence-corrected chi connectivity index (χ3v) is 2.83. The van der Waals surface area contributed by atoms with Crippen molar-refractivity contribution in [3.05, 3.63) is 56.3 Å². The lowest BCUT2D eigenvalue weighted by Gasteiger charge is -1.89. The van der Waals surface area contributed by atoms with E-state index in [-0.39, 0.29) is 0 Å². The Morgan fingerprint density at radius 2 is 1.48 bits per heavy atom. The Kier molecular flexibility index (Phi) is 5.08. The van der Waals surface area contributed by atoms with Gasteiger partial charge in [0.1, 0.15) is 30.0 Å². The normalized spacial score (nSPS) is 9.76. The molecule has 0 aliphatic rings. The number of fused-ring (bicyclic) bond motifs is 2. The highest BCUT2D eigenvalue weighted by molar-refractivity contribution is 5.80. The van der Waals surface area contributed by atoms with E-state index >= 15 is 0 Å². The zero-order valence-corrected chi connectivity index (χ0v) is 12.9. The van der Waals surface area contributed by atoms with Crippen LogP contribution in [0.3, 0.4) is 0 Å². The molecule has 11 heteroatoms. The summed E-state index contributed by atoms with van der Waals surface area (Å²) in [7, 11) is 0. The molecule has 0 spiro atoms. The van der Waals surface area contributed by atoms with Crippen LogP contribution in [0, 0.1) is 0 Å². The first kappa shape index (κ1) is 15.9. The van der Waals surface area contributed by atoms with Gasteiger partial charge in [0.25, 0.3) is 0 Å². The fourth-order valence-electron chi connectivity index (χ4n) is 1.73. The molecular formula is C14H13N11. The van der Waals surface area contributed by atoms with Crippen LogP contribution in [0.15, 0.2) is 56.3 Å². The second-order valence-electron chi connectivity index (χ2n) is 4.43. The summed E-state index contributed by atoms with van der Waals surface area (Å²) in [5, 5.41) is 0. The SMILES string of the molecule is Nc1ncnc2nc[nH]c12.c1cncnc1.c1ncc2[nH]cnc2n1. The summed E-state index contributed by atoms with van der Waals surface area (Å²) < 4.78 is 0. The monoisotopic (exact) mass is 335 g/mol. The molecule has 0 aromatic carbocycles. The quantitative estimate of drug-likeness (QED) is 0.371. The summed E-state index contributed by atoms with van der Waals surface area (Å²) in [6.07, 6.45) is 12.6. The predicted octanol–water partition coefficient (Wildman–Crippen LogP) is 0.765. The maximum absolute atomic E-state index is 5.48. The Morgan fingerprint density at radius 1 is 0.720 bits per heavy atom. The van der Waals surface area contributed by atoms with Crippen LogP contribution in [0.4, 0.5) is 5.82 Å². The molecule has 11 nitrogen and oxygen atoms in total. The second-order valence-corrected chi connectivity index (χ2v) is 4.43. The molecule has 5 aromatic rings. The van der Waals surface area contributed by atoms with Gasteiger partial charge in [-0.2, -0.15) is 0 Å². The molecule has 5 rings (SSSR count). The van der Waals surface area contributed by atoms with Crippen molar-refractivity contribution in [3.63, 3.8) is 0 Å². The molecule has 0 saturated heterocycles. The summed E-state index contributed by atoms with van der Waals surface area (Å²) in [6, 6.07) is 1.78. The molecule has 0 aliphatic carbocycles. The number of H-pyrrole nitrogens is 2. The molecule has 0 fully saturated rings. The fraction of sp³-hybridized carbons (Fsp3) is 0. The molecule has 4 N–H and O–H groups in total. The van der Waals surface area contributed by atoms with Crippen LogP contribution in [0.2, 0.25) is 0 Å². The lowest BCUT2D eigenvalue weighted by Crippen LogP contribution is -1.91. The molecule has 0 saturated carbocycles. The number of nitrogens with zero attached hydrogens (tertiary/aromatic N) is 8. The van der Waals surface area contributed by atoms with Crippen LogP contribution < -0.4 is 5.73 Å². The number of anilines is 1. The van der Waals surface area contributed by atoms with Crippen LogP contribution in [-0.2, 0) is 0 Å². The van der Waals surface area contributed by atoms with Crippen molar-refractivity contribution in [1.29, 1.82) is 0 Å². The maximum Gasteiger partial charge on any atom is 0.182 e. The molecule has 5 aromatic heterocycles. The number of hydrogen-bond acceptors (Lipinski definition) is 9. The van der Waals surface area contributed by atoms with Gasteiger partial charge in [-0.15, -0.1) is 0 Å². The van der Waals surface area contributed by atoms with E-state index in [1.165, 1.54) is 25.3 Å². The van der Waals surface area contributed by atoms with Crippen molar-refractivity contribution in [2.75, 3.05) is 5.73 Å². The van der Waals surface area contributed by atoms with E-state index in [1.54, 1.807) is 31.0 Å². The van der Waals surface area contributed by atoms with E-state index in [4.69, 9.17) is 5.73 Å². The van der Waals surface area contributed by atoms with Gasteiger partial charge in [-0.25, -0.2) is 39.9 Å². The number of imidazole rings is 2. The van der Waals surface area contributed by atoms with E-state index < -0.39 is 0 Å². The van der Waals surface area contributed by atoms with Crippen molar-refractivity contribution in [3.8, 4) is 0 Å². The largest absolute Gasteiger partial charge is 0.382 e. The van der Waals surface area contributed by atoms with Gasteiger partial charge in [-0.1, -0.05) is 0 Å². The Labute approximate surface area is 140 Å². The highest BCUT2D eigenvalue weighted by Crippen LogP contribution is 2.09. The Balaban J connectivity index is 0.000000113. The lowest BCUT2D eigenvalue weighted by molar-refractivity contribution is 1.17.